The minimum Gasteiger partial charge on any atom is -0.411 e. The van der Waals surface area contributed by atoms with Crippen molar-refractivity contribution in [2.45, 2.75) is 39.0 Å². The normalized spacial score (nSPS) is 50.2. The summed E-state index contributed by atoms with van der Waals surface area (Å²) in [4.78, 5) is 0. The average molecular weight is 266 g/mol. The first-order valence-corrected chi connectivity index (χ1v) is 7.66. The van der Waals surface area contributed by atoms with Crippen LogP contribution in [0, 0.1) is 35.0 Å². The zero-order chi connectivity index (χ0) is 12.5. The number of oxime groups is 1. The predicted molar refractivity (Wildman–Crippen MR) is 71.8 cm³/mol. The number of hydrogen-bond donors (Lipinski definition) is 1. The summed E-state index contributed by atoms with van der Waals surface area (Å²) < 4.78 is 0. The molecule has 4 aliphatic rings. The zero-order valence-electron chi connectivity index (χ0n) is 10.8. The Balaban J connectivity index is 1.89. The van der Waals surface area contributed by atoms with Gasteiger partial charge in [0.25, 0.3) is 0 Å². The second-order valence-corrected chi connectivity index (χ2v) is 7.23. The molecule has 0 heterocycles. The van der Waals surface area contributed by atoms with E-state index in [4.69, 9.17) is 11.6 Å². The van der Waals surface area contributed by atoms with E-state index in [0.29, 0.717) is 35.0 Å². The van der Waals surface area contributed by atoms with Crippen molar-refractivity contribution in [1.82, 2.24) is 0 Å². The smallest absolute Gasteiger partial charge is 0.0641 e. The molecule has 4 bridgehead atoms. The molecular weight excluding hydrogens is 246 g/mol. The van der Waals surface area contributed by atoms with E-state index in [1.54, 1.807) is 0 Å². The fourth-order valence-corrected chi connectivity index (χ4v) is 5.73. The molecule has 0 amide bonds. The molecule has 3 heteroatoms. The molecule has 4 rings (SSSR count). The van der Waals surface area contributed by atoms with Crippen molar-refractivity contribution < 1.29 is 5.21 Å². The molecule has 3 saturated carbocycles. The summed E-state index contributed by atoms with van der Waals surface area (Å²) in [7, 11) is 0. The quantitative estimate of drug-likeness (QED) is 0.521. The highest BCUT2D eigenvalue weighted by atomic mass is 35.5. The van der Waals surface area contributed by atoms with E-state index in [2.05, 4.69) is 18.2 Å². The van der Waals surface area contributed by atoms with Crippen LogP contribution in [0.4, 0.5) is 0 Å². The highest BCUT2D eigenvalue weighted by Crippen LogP contribution is 2.71. The van der Waals surface area contributed by atoms with Gasteiger partial charge in [-0.3, -0.25) is 0 Å². The Labute approximate surface area is 113 Å². The fourth-order valence-electron chi connectivity index (χ4n) is 5.46. The Bertz CT molecular complexity index is 451. The topological polar surface area (TPSA) is 32.6 Å². The summed E-state index contributed by atoms with van der Waals surface area (Å²) >= 11 is 6.49. The number of fused-ring (bicyclic) bond motifs is 4. The predicted octanol–water partition coefficient (Wildman–Crippen LogP) is 4.03. The molecule has 4 unspecified atom stereocenters. The van der Waals surface area contributed by atoms with Crippen molar-refractivity contribution in [2.24, 2.45) is 40.2 Å². The lowest BCUT2D eigenvalue weighted by Gasteiger charge is -2.55. The van der Waals surface area contributed by atoms with Crippen LogP contribution in [0.2, 0.25) is 0 Å². The summed E-state index contributed by atoms with van der Waals surface area (Å²) in [5, 5.41) is 14.2. The van der Waals surface area contributed by atoms with Gasteiger partial charge in [-0.15, -0.1) is 0 Å². The van der Waals surface area contributed by atoms with Crippen LogP contribution in [0.15, 0.2) is 16.3 Å². The van der Waals surface area contributed by atoms with Gasteiger partial charge in [-0.1, -0.05) is 36.2 Å². The van der Waals surface area contributed by atoms with E-state index in [0.717, 1.165) is 10.7 Å². The Kier molecular flexibility index (Phi) is 2.22. The Morgan fingerprint density at radius 1 is 1.33 bits per heavy atom. The Morgan fingerprint density at radius 3 is 2.72 bits per heavy atom. The molecule has 4 aliphatic carbocycles. The first-order valence-electron chi connectivity index (χ1n) is 7.28. The van der Waals surface area contributed by atoms with Gasteiger partial charge in [-0.25, -0.2) is 0 Å². The molecule has 1 N–H and O–H groups in total. The molecule has 0 radical (unpaired) electrons. The molecule has 5 atom stereocenters. The van der Waals surface area contributed by atoms with E-state index >= 15 is 0 Å². The second-order valence-electron chi connectivity index (χ2n) is 6.79. The zero-order valence-corrected chi connectivity index (χ0v) is 11.5. The fraction of sp³-hybridized carbons (Fsp3) is 0.800. The molecule has 1 spiro atoms. The van der Waals surface area contributed by atoms with Crippen LogP contribution in [0.5, 0.6) is 0 Å². The Morgan fingerprint density at radius 2 is 2.06 bits per heavy atom. The van der Waals surface area contributed by atoms with Gasteiger partial charge < -0.3 is 5.21 Å². The largest absolute Gasteiger partial charge is 0.411 e. The van der Waals surface area contributed by atoms with E-state index in [-0.39, 0.29) is 0 Å². The van der Waals surface area contributed by atoms with Crippen molar-refractivity contribution in [3.05, 3.63) is 11.1 Å². The van der Waals surface area contributed by atoms with Gasteiger partial charge in [-0.05, 0) is 48.9 Å². The van der Waals surface area contributed by atoms with Crippen molar-refractivity contribution in [1.29, 1.82) is 0 Å². The summed E-state index contributed by atoms with van der Waals surface area (Å²) in [6, 6.07) is 0. The average Bonchev–Trinajstić information content (AvgIpc) is 3.14. The number of rotatable bonds is 0. The molecule has 0 aromatic rings. The summed E-state index contributed by atoms with van der Waals surface area (Å²) in [6.07, 6.45) is 8.70. The highest BCUT2D eigenvalue weighted by molar-refractivity contribution is 6.30. The third-order valence-electron chi connectivity index (χ3n) is 6.24. The van der Waals surface area contributed by atoms with Crippen LogP contribution in [-0.4, -0.2) is 10.9 Å². The number of allylic oxidation sites excluding steroid dienone is 2. The van der Waals surface area contributed by atoms with Gasteiger partial charge in [0.05, 0.1) is 5.71 Å². The van der Waals surface area contributed by atoms with Crippen LogP contribution in [0.25, 0.3) is 0 Å². The van der Waals surface area contributed by atoms with Gasteiger partial charge in [0.2, 0.25) is 0 Å². The molecular formula is C15H20ClNO. The van der Waals surface area contributed by atoms with Crippen LogP contribution in [-0.2, 0) is 0 Å². The maximum Gasteiger partial charge on any atom is 0.0641 e. The van der Waals surface area contributed by atoms with E-state index < -0.39 is 0 Å². The van der Waals surface area contributed by atoms with Gasteiger partial charge >= 0.3 is 0 Å². The Hall–Kier alpha value is -0.500. The van der Waals surface area contributed by atoms with Crippen LogP contribution in [0.3, 0.4) is 0 Å². The molecule has 98 valence electrons. The van der Waals surface area contributed by atoms with Gasteiger partial charge in [0.15, 0.2) is 0 Å². The third kappa shape index (κ3) is 1.18. The lowest BCUT2D eigenvalue weighted by Crippen LogP contribution is -2.54. The van der Waals surface area contributed by atoms with Crippen LogP contribution >= 0.6 is 11.6 Å². The van der Waals surface area contributed by atoms with E-state index in [1.807, 2.05) is 0 Å². The van der Waals surface area contributed by atoms with E-state index in [9.17, 15) is 5.21 Å². The van der Waals surface area contributed by atoms with Crippen molar-refractivity contribution in [3.8, 4) is 0 Å². The number of nitrogens with zero attached hydrogens (tertiary/aromatic N) is 1. The molecule has 0 aliphatic heterocycles. The van der Waals surface area contributed by atoms with Crippen molar-refractivity contribution in [2.75, 3.05) is 0 Å². The second kappa shape index (κ2) is 3.53. The summed E-state index contributed by atoms with van der Waals surface area (Å²) in [6.45, 7) is 2.27. The monoisotopic (exact) mass is 265 g/mol. The van der Waals surface area contributed by atoms with Gasteiger partial charge in [0, 0.05) is 16.9 Å². The lowest BCUT2D eigenvalue weighted by atomic mass is 9.49. The minimum absolute atomic E-state index is 0.450. The lowest BCUT2D eigenvalue weighted by molar-refractivity contribution is 0.0556. The van der Waals surface area contributed by atoms with Gasteiger partial charge in [-0.2, -0.15) is 0 Å². The molecule has 0 aromatic heterocycles. The SMILES string of the molecule is C[C@@H]1C(Cl)=CC2C3CCCC(/C3=N/O)C1C21CC1. The first-order chi connectivity index (χ1) is 8.69. The summed E-state index contributed by atoms with van der Waals surface area (Å²) in [5.41, 5.74) is 1.61. The van der Waals surface area contributed by atoms with E-state index in [1.165, 1.54) is 32.1 Å². The molecule has 0 aromatic carbocycles. The standard InChI is InChI=1S/C15H20ClNO/c1-8-12(16)7-11-9-3-2-4-10(14(9)17-18)13(8)15(11)5-6-15/h7-11,13,18H,2-6H2,1H3/b17-14+/t8-,9?,10?,11?,13?/m1/s1. The number of halogens is 1. The first kappa shape index (κ1) is 11.3. The summed E-state index contributed by atoms with van der Waals surface area (Å²) in [5.74, 6) is 2.58. The van der Waals surface area contributed by atoms with Crippen molar-refractivity contribution in [3.63, 3.8) is 0 Å². The number of hydrogen-bond acceptors (Lipinski definition) is 2. The molecule has 0 saturated heterocycles. The van der Waals surface area contributed by atoms with Gasteiger partial charge in [0.1, 0.15) is 0 Å². The molecule has 3 fully saturated rings. The maximum absolute atomic E-state index is 9.43. The third-order valence-corrected chi connectivity index (χ3v) is 6.71. The molecule has 2 nitrogen and oxygen atoms in total. The van der Waals surface area contributed by atoms with Crippen LogP contribution in [0.1, 0.15) is 39.0 Å². The highest BCUT2D eigenvalue weighted by Gasteiger charge is 2.66. The van der Waals surface area contributed by atoms with Crippen LogP contribution < -0.4 is 0 Å². The maximum atomic E-state index is 9.43. The van der Waals surface area contributed by atoms with Crippen molar-refractivity contribution >= 4 is 17.3 Å². The molecule has 18 heavy (non-hydrogen) atoms. The minimum atomic E-state index is 0.450.